The minimum atomic E-state index is -3.04. The molecule has 1 unspecified atom stereocenters. The first-order valence-corrected chi connectivity index (χ1v) is 7.71. The van der Waals surface area contributed by atoms with Crippen LogP contribution < -0.4 is 5.73 Å². The van der Waals surface area contributed by atoms with E-state index in [-0.39, 0.29) is 5.75 Å². The van der Waals surface area contributed by atoms with Crippen molar-refractivity contribution in [3.8, 4) is 0 Å². The monoisotopic (exact) mass is 265 g/mol. The first-order valence-electron chi connectivity index (χ1n) is 5.99. The van der Waals surface area contributed by atoms with Crippen molar-refractivity contribution in [2.24, 2.45) is 5.73 Å². The topological polar surface area (TPSA) is 77.5 Å². The van der Waals surface area contributed by atoms with Crippen molar-refractivity contribution in [2.45, 2.75) is 24.6 Å². The molecule has 1 atom stereocenters. The molecule has 0 radical (unpaired) electrons. The second-order valence-electron chi connectivity index (χ2n) is 4.65. The summed E-state index contributed by atoms with van der Waals surface area (Å²) in [6.45, 7) is 0.435. The minimum absolute atomic E-state index is 0.267. The highest BCUT2D eigenvalue weighted by Crippen LogP contribution is 2.34. The van der Waals surface area contributed by atoms with Crippen LogP contribution >= 0.6 is 0 Å². The highest BCUT2D eigenvalue weighted by Gasteiger charge is 2.35. The molecule has 1 aliphatic rings. The van der Waals surface area contributed by atoms with Crippen molar-refractivity contribution < 1.29 is 8.42 Å². The molecule has 0 amide bonds. The zero-order chi connectivity index (χ0) is 12.8. The largest absolute Gasteiger partial charge is 0.326 e. The first-order chi connectivity index (χ1) is 8.62. The van der Waals surface area contributed by atoms with Gasteiger partial charge in [-0.3, -0.25) is 0 Å². The van der Waals surface area contributed by atoms with Gasteiger partial charge in [-0.15, -0.1) is 0 Å². The lowest BCUT2D eigenvalue weighted by atomic mass is 10.2. The normalized spacial score (nSPS) is 22.6. The molecule has 2 N–H and O–H groups in total. The van der Waals surface area contributed by atoms with Gasteiger partial charge in [-0.2, -0.15) is 0 Å². The lowest BCUT2D eigenvalue weighted by molar-refractivity contribution is 0.588. The molecule has 1 saturated heterocycles. The van der Waals surface area contributed by atoms with E-state index in [1.54, 1.807) is 6.20 Å². The maximum Gasteiger partial charge on any atom is 0.160 e. The lowest BCUT2D eigenvalue weighted by Crippen LogP contribution is -2.11. The van der Waals surface area contributed by atoms with Gasteiger partial charge >= 0.3 is 0 Å². The van der Waals surface area contributed by atoms with Crippen LogP contribution in [0.1, 0.15) is 29.5 Å². The van der Waals surface area contributed by atoms with Crippen LogP contribution in [0.4, 0.5) is 0 Å². The van der Waals surface area contributed by atoms with E-state index in [0.717, 1.165) is 17.5 Å². The summed E-state index contributed by atoms with van der Waals surface area (Å²) >= 11 is 0. The third kappa shape index (κ3) is 1.72. The predicted octanol–water partition coefficient (Wildman–Crippen LogP) is 1.04. The summed E-state index contributed by atoms with van der Waals surface area (Å²) in [4.78, 5) is 4.29. The van der Waals surface area contributed by atoms with Crippen LogP contribution in [0.2, 0.25) is 0 Å². The molecule has 2 aromatic heterocycles. The van der Waals surface area contributed by atoms with Crippen molar-refractivity contribution in [1.82, 2.24) is 9.38 Å². The maximum atomic E-state index is 12.0. The van der Waals surface area contributed by atoms with Gasteiger partial charge in [-0.1, -0.05) is 6.07 Å². The summed E-state index contributed by atoms with van der Waals surface area (Å²) < 4.78 is 25.8. The fourth-order valence-corrected chi connectivity index (χ4v) is 4.37. The highest BCUT2D eigenvalue weighted by molar-refractivity contribution is 7.91. The number of imidazole rings is 1. The Labute approximate surface area is 106 Å². The van der Waals surface area contributed by atoms with Crippen molar-refractivity contribution in [2.75, 3.05) is 5.75 Å². The zero-order valence-corrected chi connectivity index (χ0v) is 10.7. The molecule has 3 heterocycles. The van der Waals surface area contributed by atoms with Crippen LogP contribution in [0.25, 0.3) is 5.52 Å². The number of rotatable bonds is 2. The standard InChI is InChI=1S/C12H15N3O2S/c13-6-9-3-4-10-7-14-12(15(10)8-9)11-2-1-5-18(11,16)17/h3-4,7-8,11H,1-2,5-6,13H2. The van der Waals surface area contributed by atoms with E-state index in [2.05, 4.69) is 4.98 Å². The average molecular weight is 265 g/mol. The summed E-state index contributed by atoms with van der Waals surface area (Å²) in [5.74, 6) is 0.890. The lowest BCUT2D eigenvalue weighted by Gasteiger charge is -2.09. The van der Waals surface area contributed by atoms with Gasteiger partial charge in [-0.25, -0.2) is 13.4 Å². The van der Waals surface area contributed by atoms with Gasteiger partial charge in [0.2, 0.25) is 0 Å². The Hall–Kier alpha value is -1.40. The van der Waals surface area contributed by atoms with Gasteiger partial charge in [0.1, 0.15) is 11.1 Å². The molecule has 18 heavy (non-hydrogen) atoms. The Kier molecular flexibility index (Phi) is 2.64. The van der Waals surface area contributed by atoms with E-state index < -0.39 is 15.1 Å². The van der Waals surface area contributed by atoms with Crippen LogP contribution in [0, 0.1) is 0 Å². The molecule has 0 bridgehead atoms. The number of pyridine rings is 1. The molecule has 96 valence electrons. The number of nitrogens with two attached hydrogens (primary N) is 1. The number of sulfone groups is 1. The van der Waals surface area contributed by atoms with Crippen LogP contribution in [-0.2, 0) is 16.4 Å². The van der Waals surface area contributed by atoms with E-state index >= 15 is 0 Å². The molecule has 1 aliphatic heterocycles. The van der Waals surface area contributed by atoms with E-state index in [0.29, 0.717) is 18.8 Å². The Morgan fingerprint density at radius 1 is 1.44 bits per heavy atom. The summed E-state index contributed by atoms with van der Waals surface area (Å²) in [6, 6.07) is 3.85. The average Bonchev–Trinajstić information content (AvgIpc) is 2.90. The van der Waals surface area contributed by atoms with Gasteiger partial charge in [0, 0.05) is 12.7 Å². The second-order valence-corrected chi connectivity index (χ2v) is 6.95. The fourth-order valence-electron chi connectivity index (χ4n) is 2.49. The Morgan fingerprint density at radius 3 is 2.94 bits per heavy atom. The Morgan fingerprint density at radius 2 is 2.28 bits per heavy atom. The molecular weight excluding hydrogens is 250 g/mol. The van der Waals surface area contributed by atoms with Crippen LogP contribution in [0.3, 0.4) is 0 Å². The van der Waals surface area contributed by atoms with Gasteiger partial charge < -0.3 is 10.1 Å². The van der Waals surface area contributed by atoms with Crippen molar-refractivity contribution >= 4 is 15.4 Å². The minimum Gasteiger partial charge on any atom is -0.326 e. The van der Waals surface area contributed by atoms with Crippen LogP contribution in [-0.4, -0.2) is 23.6 Å². The molecule has 3 rings (SSSR count). The first kappa shape index (κ1) is 11.7. The predicted molar refractivity (Wildman–Crippen MR) is 68.8 cm³/mol. The summed E-state index contributed by atoms with van der Waals surface area (Å²) in [5, 5.41) is -0.465. The van der Waals surface area contributed by atoms with Crippen LogP contribution in [0.15, 0.2) is 24.5 Å². The van der Waals surface area contributed by atoms with Gasteiger partial charge in [0.05, 0.1) is 17.5 Å². The summed E-state index contributed by atoms with van der Waals surface area (Å²) in [6.07, 6.45) is 4.97. The number of nitrogens with zero attached hydrogens (tertiary/aromatic N) is 2. The summed E-state index contributed by atoms with van der Waals surface area (Å²) in [5.41, 5.74) is 7.49. The highest BCUT2D eigenvalue weighted by atomic mass is 32.2. The van der Waals surface area contributed by atoms with E-state index in [1.165, 1.54) is 0 Å². The number of hydrogen-bond acceptors (Lipinski definition) is 4. The molecule has 6 heteroatoms. The number of hydrogen-bond donors (Lipinski definition) is 1. The van der Waals surface area contributed by atoms with Gasteiger partial charge in [0.25, 0.3) is 0 Å². The number of fused-ring (bicyclic) bond motifs is 1. The maximum absolute atomic E-state index is 12.0. The van der Waals surface area contributed by atoms with Crippen molar-refractivity contribution in [3.63, 3.8) is 0 Å². The zero-order valence-electron chi connectivity index (χ0n) is 9.91. The molecular formula is C12H15N3O2S. The molecule has 5 nitrogen and oxygen atoms in total. The molecule has 2 aromatic rings. The summed E-state index contributed by atoms with van der Waals surface area (Å²) in [7, 11) is -3.04. The second kappa shape index (κ2) is 4.07. The fraction of sp³-hybridized carbons (Fsp3) is 0.417. The Bertz CT molecular complexity index is 690. The van der Waals surface area contributed by atoms with Crippen molar-refractivity contribution in [1.29, 1.82) is 0 Å². The molecule has 0 saturated carbocycles. The molecule has 0 spiro atoms. The molecule has 0 aromatic carbocycles. The van der Waals surface area contributed by atoms with E-state index in [1.807, 2.05) is 22.7 Å². The van der Waals surface area contributed by atoms with Crippen LogP contribution in [0.5, 0.6) is 0 Å². The third-order valence-corrected chi connectivity index (χ3v) is 5.64. The van der Waals surface area contributed by atoms with E-state index in [4.69, 9.17) is 5.73 Å². The van der Waals surface area contributed by atoms with Gasteiger partial charge in [0.15, 0.2) is 9.84 Å². The quantitative estimate of drug-likeness (QED) is 0.880. The Balaban J connectivity index is 2.17. The smallest absolute Gasteiger partial charge is 0.160 e. The molecule has 0 aliphatic carbocycles. The van der Waals surface area contributed by atoms with E-state index in [9.17, 15) is 8.42 Å². The van der Waals surface area contributed by atoms with Crippen molar-refractivity contribution in [3.05, 3.63) is 35.9 Å². The van der Waals surface area contributed by atoms with Gasteiger partial charge in [-0.05, 0) is 24.5 Å². The molecule has 1 fully saturated rings. The SMILES string of the molecule is NCc1ccc2cnc(C3CCCS3(=O)=O)n2c1. The third-order valence-electron chi connectivity index (χ3n) is 3.47. The number of aromatic nitrogens is 2.